The van der Waals surface area contributed by atoms with Gasteiger partial charge in [0.1, 0.15) is 6.17 Å². The summed E-state index contributed by atoms with van der Waals surface area (Å²) in [6, 6.07) is 21.6. The zero-order valence-electron chi connectivity index (χ0n) is 18.9. The van der Waals surface area contributed by atoms with E-state index in [-0.39, 0.29) is 11.9 Å². The molecule has 1 heterocycles. The molecule has 0 spiro atoms. The predicted octanol–water partition coefficient (Wildman–Crippen LogP) is 5.31. The molecule has 7 heteroatoms. The van der Waals surface area contributed by atoms with Crippen molar-refractivity contribution in [3.63, 3.8) is 0 Å². The van der Waals surface area contributed by atoms with Gasteiger partial charge in [0.05, 0.1) is 25.5 Å². The maximum absolute atomic E-state index is 13.7. The van der Waals surface area contributed by atoms with Gasteiger partial charge in [0.2, 0.25) is 0 Å². The van der Waals surface area contributed by atoms with Crippen molar-refractivity contribution in [3.8, 4) is 11.5 Å². The van der Waals surface area contributed by atoms with Crippen LogP contribution in [0, 0.1) is 0 Å². The zero-order valence-corrected chi connectivity index (χ0v) is 18.9. The highest BCUT2D eigenvalue weighted by Gasteiger charge is 2.42. The summed E-state index contributed by atoms with van der Waals surface area (Å²) in [6.45, 7) is 2.47. The molecule has 1 aliphatic rings. The Morgan fingerprint density at radius 1 is 0.939 bits per heavy atom. The zero-order chi connectivity index (χ0) is 23.4. The number of nitrogens with zero attached hydrogens (tertiary/aromatic N) is 2. The lowest BCUT2D eigenvalue weighted by molar-refractivity contribution is 0.0655. The van der Waals surface area contributed by atoms with Gasteiger partial charge in [-0.1, -0.05) is 49.4 Å². The summed E-state index contributed by atoms with van der Waals surface area (Å²) in [7, 11) is 3.12. The van der Waals surface area contributed by atoms with Crippen molar-refractivity contribution in [2.24, 2.45) is 0 Å². The van der Waals surface area contributed by atoms with E-state index in [0.29, 0.717) is 40.5 Å². The van der Waals surface area contributed by atoms with Gasteiger partial charge < -0.3 is 19.7 Å². The lowest BCUT2D eigenvalue weighted by Crippen LogP contribution is -2.53. The summed E-state index contributed by atoms with van der Waals surface area (Å²) in [5.41, 5.74) is 2.34. The van der Waals surface area contributed by atoms with E-state index in [9.17, 15) is 9.59 Å². The number of hydrogen-bond donors (Lipinski definition) is 1. The number of benzene rings is 3. The first-order valence-corrected chi connectivity index (χ1v) is 10.9. The second kappa shape index (κ2) is 9.65. The number of amides is 3. The molecule has 0 saturated heterocycles. The number of fused-ring (bicyclic) bond motifs is 1. The first-order chi connectivity index (χ1) is 16.1. The largest absolute Gasteiger partial charge is 0.493 e. The van der Waals surface area contributed by atoms with E-state index in [0.717, 1.165) is 6.42 Å². The average molecular weight is 446 g/mol. The number of ether oxygens (including phenoxy) is 2. The van der Waals surface area contributed by atoms with Crippen LogP contribution in [0.15, 0.2) is 72.8 Å². The Labute approximate surface area is 193 Å². The summed E-state index contributed by atoms with van der Waals surface area (Å²) >= 11 is 0. The molecule has 0 radical (unpaired) electrons. The number of para-hydroxylation sites is 3. The highest BCUT2D eigenvalue weighted by atomic mass is 16.5. The summed E-state index contributed by atoms with van der Waals surface area (Å²) < 4.78 is 11.2. The molecule has 0 bridgehead atoms. The number of carbonyl (C=O) groups is 2. The lowest BCUT2D eigenvalue weighted by atomic mass is 10.00. The fourth-order valence-electron chi connectivity index (χ4n) is 4.21. The summed E-state index contributed by atoms with van der Waals surface area (Å²) in [5, 5.41) is 2.97. The third-order valence-corrected chi connectivity index (χ3v) is 5.61. The minimum absolute atomic E-state index is 0.133. The minimum Gasteiger partial charge on any atom is -0.493 e. The standard InChI is InChI=1S/C26H27N3O4/c1-4-17-28-24(20-14-10-16-22(32-2)23(20)33-3)29(21-15-9-8-13-19(21)25(28)30)26(31)27-18-11-6-5-7-12-18/h5-16,24H,4,17H2,1-3H3,(H,27,31)/t24-/m0/s1. The van der Waals surface area contributed by atoms with Gasteiger partial charge in [-0.25, -0.2) is 4.79 Å². The molecule has 0 aliphatic carbocycles. The molecule has 0 fully saturated rings. The first-order valence-electron chi connectivity index (χ1n) is 10.9. The topological polar surface area (TPSA) is 71.1 Å². The molecule has 3 aromatic carbocycles. The van der Waals surface area contributed by atoms with E-state index < -0.39 is 6.17 Å². The summed E-state index contributed by atoms with van der Waals surface area (Å²) in [6.07, 6.45) is 0.00583. The van der Waals surface area contributed by atoms with Crippen LogP contribution in [0.1, 0.15) is 35.4 Å². The van der Waals surface area contributed by atoms with Crippen LogP contribution in [0.2, 0.25) is 0 Å². The van der Waals surface area contributed by atoms with Crippen LogP contribution in [0.3, 0.4) is 0 Å². The highest BCUT2D eigenvalue weighted by molar-refractivity contribution is 6.11. The molecule has 4 rings (SSSR count). The molecular formula is C26H27N3O4. The van der Waals surface area contributed by atoms with E-state index >= 15 is 0 Å². The minimum atomic E-state index is -0.721. The Kier molecular flexibility index (Phi) is 6.49. The van der Waals surface area contributed by atoms with Gasteiger partial charge in [-0.3, -0.25) is 9.69 Å². The van der Waals surface area contributed by atoms with Crippen LogP contribution in [0.25, 0.3) is 0 Å². The van der Waals surface area contributed by atoms with Crippen molar-refractivity contribution in [2.75, 3.05) is 31.0 Å². The van der Waals surface area contributed by atoms with Gasteiger partial charge in [-0.2, -0.15) is 0 Å². The van der Waals surface area contributed by atoms with Gasteiger partial charge in [0, 0.05) is 17.8 Å². The van der Waals surface area contributed by atoms with Crippen molar-refractivity contribution in [3.05, 3.63) is 83.9 Å². The molecule has 3 amide bonds. The summed E-state index contributed by atoms with van der Waals surface area (Å²) in [4.78, 5) is 30.6. The molecule has 0 saturated carbocycles. The molecule has 0 unspecified atom stereocenters. The second-order valence-electron chi connectivity index (χ2n) is 7.64. The number of urea groups is 1. The Morgan fingerprint density at radius 3 is 2.36 bits per heavy atom. The first kappa shape index (κ1) is 22.2. The fourth-order valence-corrected chi connectivity index (χ4v) is 4.21. The molecular weight excluding hydrogens is 418 g/mol. The number of nitrogens with one attached hydrogen (secondary N) is 1. The molecule has 1 N–H and O–H groups in total. The maximum Gasteiger partial charge on any atom is 0.328 e. The fraction of sp³-hybridized carbons (Fsp3) is 0.231. The van der Waals surface area contributed by atoms with Crippen molar-refractivity contribution in [1.29, 1.82) is 0 Å². The van der Waals surface area contributed by atoms with E-state index in [1.54, 1.807) is 48.3 Å². The molecule has 33 heavy (non-hydrogen) atoms. The number of anilines is 2. The van der Waals surface area contributed by atoms with Gasteiger partial charge >= 0.3 is 6.03 Å². The number of carbonyl (C=O) groups excluding carboxylic acids is 2. The second-order valence-corrected chi connectivity index (χ2v) is 7.64. The van der Waals surface area contributed by atoms with Crippen molar-refractivity contribution in [2.45, 2.75) is 19.5 Å². The van der Waals surface area contributed by atoms with E-state index in [1.807, 2.05) is 55.5 Å². The van der Waals surface area contributed by atoms with Crippen LogP contribution >= 0.6 is 0 Å². The van der Waals surface area contributed by atoms with E-state index in [1.165, 1.54) is 0 Å². The number of methoxy groups -OCH3 is 2. The van der Waals surface area contributed by atoms with E-state index in [4.69, 9.17) is 9.47 Å². The van der Waals surface area contributed by atoms with Crippen LogP contribution in [0.4, 0.5) is 16.2 Å². The maximum atomic E-state index is 13.7. The smallest absolute Gasteiger partial charge is 0.328 e. The monoisotopic (exact) mass is 445 g/mol. The Morgan fingerprint density at radius 2 is 1.67 bits per heavy atom. The van der Waals surface area contributed by atoms with Crippen LogP contribution in [-0.2, 0) is 0 Å². The molecule has 170 valence electrons. The Hall–Kier alpha value is -4.00. The predicted molar refractivity (Wildman–Crippen MR) is 128 cm³/mol. The molecule has 0 aromatic heterocycles. The van der Waals surface area contributed by atoms with Crippen LogP contribution in [-0.4, -0.2) is 37.6 Å². The normalized spacial score (nSPS) is 15.1. The lowest BCUT2D eigenvalue weighted by Gasteiger charge is -2.44. The van der Waals surface area contributed by atoms with Gasteiger partial charge in [-0.05, 0) is 36.8 Å². The Balaban J connectivity index is 1.91. The van der Waals surface area contributed by atoms with Crippen LogP contribution in [0.5, 0.6) is 11.5 Å². The highest BCUT2D eigenvalue weighted by Crippen LogP contribution is 2.44. The summed E-state index contributed by atoms with van der Waals surface area (Å²) in [5.74, 6) is 0.878. The molecule has 1 atom stereocenters. The number of rotatable bonds is 6. The Bertz CT molecular complexity index is 1150. The van der Waals surface area contributed by atoms with Crippen molar-refractivity contribution in [1.82, 2.24) is 4.90 Å². The van der Waals surface area contributed by atoms with Crippen LogP contribution < -0.4 is 19.7 Å². The van der Waals surface area contributed by atoms with Gasteiger partial charge in [0.15, 0.2) is 11.5 Å². The molecule has 1 aliphatic heterocycles. The molecule has 3 aromatic rings. The third-order valence-electron chi connectivity index (χ3n) is 5.61. The van der Waals surface area contributed by atoms with Crippen molar-refractivity contribution >= 4 is 23.3 Å². The van der Waals surface area contributed by atoms with Crippen molar-refractivity contribution < 1.29 is 19.1 Å². The third kappa shape index (κ3) is 4.09. The average Bonchev–Trinajstić information content (AvgIpc) is 2.85. The van der Waals surface area contributed by atoms with Gasteiger partial charge in [-0.15, -0.1) is 0 Å². The van der Waals surface area contributed by atoms with E-state index in [2.05, 4.69) is 5.32 Å². The quantitative estimate of drug-likeness (QED) is 0.558. The SMILES string of the molecule is CCCN1C(=O)c2ccccc2N(C(=O)Nc2ccccc2)[C@H]1c1cccc(OC)c1OC. The molecule has 7 nitrogen and oxygen atoms in total. The number of hydrogen-bond acceptors (Lipinski definition) is 4. The van der Waals surface area contributed by atoms with Gasteiger partial charge in [0.25, 0.3) is 5.91 Å².